The highest BCUT2D eigenvalue weighted by molar-refractivity contribution is 5.76. The summed E-state index contributed by atoms with van der Waals surface area (Å²) in [5.74, 6) is 0.680. The summed E-state index contributed by atoms with van der Waals surface area (Å²) in [6.07, 6.45) is 5.27. The van der Waals surface area contributed by atoms with E-state index in [1.807, 2.05) is 12.1 Å². The molecule has 92 valence electrons. The summed E-state index contributed by atoms with van der Waals surface area (Å²) < 4.78 is 0. The summed E-state index contributed by atoms with van der Waals surface area (Å²) in [5, 5.41) is 2.96. The van der Waals surface area contributed by atoms with Gasteiger partial charge in [-0.3, -0.25) is 9.78 Å². The number of carbonyl (C=O) groups excluding carboxylic acids is 1. The lowest BCUT2D eigenvalue weighted by Gasteiger charge is -2.10. The van der Waals surface area contributed by atoms with Gasteiger partial charge in [0.1, 0.15) is 0 Å². The van der Waals surface area contributed by atoms with Crippen LogP contribution in [0.1, 0.15) is 18.4 Å². The summed E-state index contributed by atoms with van der Waals surface area (Å²) in [7, 11) is 2.11. The summed E-state index contributed by atoms with van der Waals surface area (Å²) in [6, 6.07) is 3.84. The van der Waals surface area contributed by atoms with E-state index >= 15 is 0 Å². The maximum atomic E-state index is 11.7. The molecule has 0 saturated carbocycles. The number of nitrogens with one attached hydrogen (secondary N) is 1. The molecule has 1 saturated heterocycles. The predicted molar refractivity (Wildman–Crippen MR) is 66.3 cm³/mol. The first-order valence-electron chi connectivity index (χ1n) is 6.08. The van der Waals surface area contributed by atoms with Crippen molar-refractivity contribution in [3.63, 3.8) is 0 Å². The van der Waals surface area contributed by atoms with Crippen LogP contribution < -0.4 is 5.32 Å². The Hall–Kier alpha value is -1.42. The van der Waals surface area contributed by atoms with Crippen molar-refractivity contribution >= 4 is 5.91 Å². The molecule has 2 heterocycles. The summed E-state index contributed by atoms with van der Waals surface area (Å²) in [4.78, 5) is 18.0. The zero-order valence-corrected chi connectivity index (χ0v) is 10.2. The van der Waals surface area contributed by atoms with Crippen molar-refractivity contribution in [3.8, 4) is 0 Å². The summed E-state index contributed by atoms with van der Waals surface area (Å²) >= 11 is 0. The topological polar surface area (TPSA) is 45.2 Å². The zero-order valence-electron chi connectivity index (χ0n) is 10.2. The Morgan fingerprint density at radius 2 is 2.29 bits per heavy atom. The number of carbonyl (C=O) groups is 1. The van der Waals surface area contributed by atoms with Crippen LogP contribution in [0.3, 0.4) is 0 Å². The molecular weight excluding hydrogens is 214 g/mol. The normalized spacial score (nSPS) is 20.4. The van der Waals surface area contributed by atoms with Crippen molar-refractivity contribution in [1.82, 2.24) is 15.2 Å². The molecule has 1 fully saturated rings. The minimum atomic E-state index is 0.155. The Morgan fingerprint density at radius 3 is 2.94 bits per heavy atom. The van der Waals surface area contributed by atoms with Gasteiger partial charge < -0.3 is 10.2 Å². The van der Waals surface area contributed by atoms with Crippen molar-refractivity contribution in [3.05, 3.63) is 30.1 Å². The fraction of sp³-hybridized carbons (Fsp3) is 0.538. The number of likely N-dealkylation sites (tertiary alicyclic amines) is 1. The smallest absolute Gasteiger partial charge is 0.220 e. The standard InChI is InChI=1S/C13H19N3O/c1-16-7-4-12(10-16)8-13(17)15-9-11-2-5-14-6-3-11/h2-3,5-6,12H,4,7-10H2,1H3,(H,15,17). The van der Waals surface area contributed by atoms with Gasteiger partial charge in [0.2, 0.25) is 5.91 Å². The van der Waals surface area contributed by atoms with Crippen molar-refractivity contribution in [1.29, 1.82) is 0 Å². The number of nitrogens with zero attached hydrogens (tertiary/aromatic N) is 2. The van der Waals surface area contributed by atoms with Crippen LogP contribution in [0.4, 0.5) is 0 Å². The van der Waals surface area contributed by atoms with Crippen LogP contribution in [0.25, 0.3) is 0 Å². The van der Waals surface area contributed by atoms with Crippen LogP contribution in [-0.2, 0) is 11.3 Å². The molecule has 0 aromatic carbocycles. The van der Waals surface area contributed by atoms with E-state index in [0.717, 1.165) is 25.1 Å². The fourth-order valence-electron chi connectivity index (χ4n) is 2.23. The van der Waals surface area contributed by atoms with Crippen LogP contribution in [0.5, 0.6) is 0 Å². The average Bonchev–Trinajstić information content (AvgIpc) is 2.73. The van der Waals surface area contributed by atoms with E-state index in [4.69, 9.17) is 0 Å². The van der Waals surface area contributed by atoms with Crippen LogP contribution in [0.15, 0.2) is 24.5 Å². The highest BCUT2D eigenvalue weighted by atomic mass is 16.1. The summed E-state index contributed by atoms with van der Waals surface area (Å²) in [5.41, 5.74) is 1.09. The molecule has 0 spiro atoms. The van der Waals surface area contributed by atoms with Gasteiger partial charge in [-0.15, -0.1) is 0 Å². The van der Waals surface area contributed by atoms with Gasteiger partial charge in [0.05, 0.1) is 0 Å². The van der Waals surface area contributed by atoms with E-state index in [9.17, 15) is 4.79 Å². The molecule has 1 aromatic rings. The molecule has 0 aliphatic carbocycles. The van der Waals surface area contributed by atoms with E-state index in [0.29, 0.717) is 18.9 Å². The lowest BCUT2D eigenvalue weighted by Crippen LogP contribution is -2.26. The highest BCUT2D eigenvalue weighted by Gasteiger charge is 2.21. The second-order valence-electron chi connectivity index (χ2n) is 4.75. The second-order valence-corrected chi connectivity index (χ2v) is 4.75. The number of aromatic nitrogens is 1. The van der Waals surface area contributed by atoms with Crippen LogP contribution in [0.2, 0.25) is 0 Å². The third-order valence-corrected chi connectivity index (χ3v) is 3.20. The number of pyridine rings is 1. The molecule has 2 rings (SSSR count). The van der Waals surface area contributed by atoms with E-state index < -0.39 is 0 Å². The molecule has 0 bridgehead atoms. The molecule has 4 nitrogen and oxygen atoms in total. The van der Waals surface area contributed by atoms with Crippen molar-refractivity contribution in [2.75, 3.05) is 20.1 Å². The van der Waals surface area contributed by atoms with Gasteiger partial charge in [-0.2, -0.15) is 0 Å². The Bertz CT molecular complexity index is 366. The molecule has 1 unspecified atom stereocenters. The molecule has 1 aromatic heterocycles. The van der Waals surface area contributed by atoms with Crippen LogP contribution in [-0.4, -0.2) is 35.9 Å². The maximum Gasteiger partial charge on any atom is 0.220 e. The molecule has 17 heavy (non-hydrogen) atoms. The fourth-order valence-corrected chi connectivity index (χ4v) is 2.23. The van der Waals surface area contributed by atoms with Gasteiger partial charge >= 0.3 is 0 Å². The first kappa shape index (κ1) is 12.0. The largest absolute Gasteiger partial charge is 0.352 e. The Kier molecular flexibility index (Phi) is 4.09. The Balaban J connectivity index is 1.71. The zero-order chi connectivity index (χ0) is 12.1. The molecule has 4 heteroatoms. The third-order valence-electron chi connectivity index (χ3n) is 3.20. The highest BCUT2D eigenvalue weighted by Crippen LogP contribution is 2.17. The van der Waals surface area contributed by atoms with E-state index in [2.05, 4.69) is 22.2 Å². The number of hydrogen-bond acceptors (Lipinski definition) is 3. The number of rotatable bonds is 4. The van der Waals surface area contributed by atoms with Gasteiger partial charge in [0, 0.05) is 31.9 Å². The van der Waals surface area contributed by atoms with Crippen LogP contribution >= 0.6 is 0 Å². The molecule has 0 radical (unpaired) electrons. The molecule has 1 aliphatic heterocycles. The van der Waals surface area contributed by atoms with Gasteiger partial charge in [-0.05, 0) is 43.6 Å². The van der Waals surface area contributed by atoms with Crippen molar-refractivity contribution in [2.45, 2.75) is 19.4 Å². The number of amides is 1. The van der Waals surface area contributed by atoms with Gasteiger partial charge in [-0.1, -0.05) is 0 Å². The number of hydrogen-bond donors (Lipinski definition) is 1. The first-order valence-corrected chi connectivity index (χ1v) is 6.08. The molecular formula is C13H19N3O. The van der Waals surface area contributed by atoms with E-state index in [-0.39, 0.29) is 5.91 Å². The predicted octanol–water partition coefficient (Wildman–Crippen LogP) is 1.04. The van der Waals surface area contributed by atoms with Crippen molar-refractivity contribution in [2.24, 2.45) is 5.92 Å². The van der Waals surface area contributed by atoms with Gasteiger partial charge in [-0.25, -0.2) is 0 Å². The average molecular weight is 233 g/mol. The monoisotopic (exact) mass is 233 g/mol. The summed E-state index contributed by atoms with van der Waals surface area (Å²) in [6.45, 7) is 2.76. The van der Waals surface area contributed by atoms with Gasteiger partial charge in [0.15, 0.2) is 0 Å². The van der Waals surface area contributed by atoms with E-state index in [1.54, 1.807) is 12.4 Å². The minimum Gasteiger partial charge on any atom is -0.352 e. The molecule has 1 aliphatic rings. The molecule has 1 amide bonds. The van der Waals surface area contributed by atoms with Crippen LogP contribution in [0, 0.1) is 5.92 Å². The quantitative estimate of drug-likeness (QED) is 0.845. The molecule has 1 atom stereocenters. The van der Waals surface area contributed by atoms with E-state index in [1.165, 1.54) is 0 Å². The lowest BCUT2D eigenvalue weighted by molar-refractivity contribution is -0.122. The third kappa shape index (κ3) is 3.82. The SMILES string of the molecule is CN1CCC(CC(=O)NCc2ccncc2)C1. The Morgan fingerprint density at radius 1 is 1.53 bits per heavy atom. The Labute approximate surface area is 102 Å². The maximum absolute atomic E-state index is 11.7. The first-order chi connectivity index (χ1) is 8.24. The van der Waals surface area contributed by atoms with Crippen molar-refractivity contribution < 1.29 is 4.79 Å². The second kappa shape index (κ2) is 5.77. The van der Waals surface area contributed by atoms with Gasteiger partial charge in [0.25, 0.3) is 0 Å². The molecule has 1 N–H and O–H groups in total. The minimum absolute atomic E-state index is 0.155. The lowest BCUT2D eigenvalue weighted by atomic mass is 10.0.